The molecule has 0 aliphatic heterocycles. The SMILES string of the molecule is Cc1ccccc1-n1cnnc1SCC(=O)NCC(=O)Nc1ccc(F)c(F)c1F. The molecular weight excluding hydrogens is 419 g/mol. The summed E-state index contributed by atoms with van der Waals surface area (Å²) in [6.07, 6.45) is 1.53. The number of nitrogens with zero attached hydrogens (tertiary/aromatic N) is 3. The van der Waals surface area contributed by atoms with E-state index in [-0.39, 0.29) is 5.75 Å². The van der Waals surface area contributed by atoms with Crippen molar-refractivity contribution < 1.29 is 22.8 Å². The molecule has 0 radical (unpaired) electrons. The molecule has 30 heavy (non-hydrogen) atoms. The molecule has 2 amide bonds. The fraction of sp³-hybridized carbons (Fsp3) is 0.158. The lowest BCUT2D eigenvalue weighted by molar-refractivity contribution is -0.122. The molecule has 0 atom stereocenters. The van der Waals surface area contributed by atoms with Crippen LogP contribution in [0.15, 0.2) is 47.9 Å². The van der Waals surface area contributed by atoms with Crippen molar-refractivity contribution in [3.05, 3.63) is 65.7 Å². The second-order valence-electron chi connectivity index (χ2n) is 6.11. The van der Waals surface area contributed by atoms with Crippen molar-refractivity contribution in [2.75, 3.05) is 17.6 Å². The smallest absolute Gasteiger partial charge is 0.243 e. The van der Waals surface area contributed by atoms with E-state index in [1.54, 1.807) is 4.57 Å². The Balaban J connectivity index is 1.52. The Kier molecular flexibility index (Phi) is 6.72. The van der Waals surface area contributed by atoms with Gasteiger partial charge in [-0.3, -0.25) is 14.2 Å². The summed E-state index contributed by atoms with van der Waals surface area (Å²) in [5.74, 6) is -5.88. The van der Waals surface area contributed by atoms with E-state index in [0.717, 1.165) is 29.1 Å². The Morgan fingerprint density at radius 2 is 1.83 bits per heavy atom. The molecule has 0 saturated heterocycles. The summed E-state index contributed by atoms with van der Waals surface area (Å²) >= 11 is 1.12. The van der Waals surface area contributed by atoms with Gasteiger partial charge < -0.3 is 10.6 Å². The van der Waals surface area contributed by atoms with Gasteiger partial charge in [-0.05, 0) is 30.7 Å². The van der Waals surface area contributed by atoms with Crippen molar-refractivity contribution in [3.8, 4) is 5.69 Å². The number of halogens is 3. The number of para-hydroxylation sites is 1. The lowest BCUT2D eigenvalue weighted by Crippen LogP contribution is -2.34. The third-order valence-corrected chi connectivity index (χ3v) is 4.92. The first-order valence-corrected chi connectivity index (χ1v) is 9.64. The van der Waals surface area contributed by atoms with Gasteiger partial charge in [0.25, 0.3) is 0 Å². The molecule has 156 valence electrons. The summed E-state index contributed by atoms with van der Waals surface area (Å²) in [5, 5.41) is 12.8. The Morgan fingerprint density at radius 3 is 2.60 bits per heavy atom. The number of amides is 2. The van der Waals surface area contributed by atoms with Gasteiger partial charge in [0.05, 0.1) is 23.7 Å². The van der Waals surface area contributed by atoms with Crippen molar-refractivity contribution in [1.29, 1.82) is 0 Å². The molecule has 0 bridgehead atoms. The highest BCUT2D eigenvalue weighted by Gasteiger charge is 2.16. The zero-order valence-corrected chi connectivity index (χ0v) is 16.5. The Hall–Kier alpha value is -3.34. The van der Waals surface area contributed by atoms with E-state index in [1.165, 1.54) is 6.33 Å². The number of nitrogens with one attached hydrogen (secondary N) is 2. The normalized spacial score (nSPS) is 10.7. The molecule has 0 unspecified atom stereocenters. The number of aromatic nitrogens is 3. The van der Waals surface area contributed by atoms with Crippen LogP contribution in [-0.4, -0.2) is 38.9 Å². The van der Waals surface area contributed by atoms with Gasteiger partial charge in [-0.25, -0.2) is 13.2 Å². The monoisotopic (exact) mass is 435 g/mol. The van der Waals surface area contributed by atoms with Crippen LogP contribution < -0.4 is 10.6 Å². The van der Waals surface area contributed by atoms with Crippen LogP contribution in [0.25, 0.3) is 5.69 Å². The van der Waals surface area contributed by atoms with E-state index in [9.17, 15) is 22.8 Å². The van der Waals surface area contributed by atoms with Crippen molar-refractivity contribution in [1.82, 2.24) is 20.1 Å². The maximum Gasteiger partial charge on any atom is 0.243 e. The van der Waals surface area contributed by atoms with E-state index in [4.69, 9.17) is 0 Å². The van der Waals surface area contributed by atoms with E-state index < -0.39 is 41.5 Å². The Labute approximate surface area is 173 Å². The van der Waals surface area contributed by atoms with Gasteiger partial charge in [-0.15, -0.1) is 10.2 Å². The molecule has 0 saturated carbocycles. The molecule has 2 aromatic carbocycles. The first-order valence-electron chi connectivity index (χ1n) is 8.65. The average Bonchev–Trinajstić information content (AvgIpc) is 3.20. The number of benzene rings is 2. The number of hydrogen-bond donors (Lipinski definition) is 2. The van der Waals surface area contributed by atoms with E-state index in [1.807, 2.05) is 31.2 Å². The van der Waals surface area contributed by atoms with Crippen molar-refractivity contribution in [3.63, 3.8) is 0 Å². The van der Waals surface area contributed by atoms with Gasteiger partial charge in [-0.1, -0.05) is 30.0 Å². The quantitative estimate of drug-likeness (QED) is 0.440. The summed E-state index contributed by atoms with van der Waals surface area (Å²) in [6.45, 7) is 1.47. The maximum absolute atomic E-state index is 13.6. The standard InChI is InChI=1S/C19H16F3N5O2S/c1-11-4-2-3-5-14(11)27-10-24-26-19(27)30-9-16(29)23-8-15(28)25-13-7-6-12(20)17(21)18(13)22/h2-7,10H,8-9H2,1H3,(H,23,29)(H,25,28). The largest absolute Gasteiger partial charge is 0.346 e. The summed E-state index contributed by atoms with van der Waals surface area (Å²) in [7, 11) is 0. The van der Waals surface area contributed by atoms with Crippen LogP contribution >= 0.6 is 11.8 Å². The summed E-state index contributed by atoms with van der Waals surface area (Å²) in [4.78, 5) is 23.9. The predicted molar refractivity (Wildman–Crippen MR) is 105 cm³/mol. The molecule has 0 spiro atoms. The lowest BCUT2D eigenvalue weighted by atomic mass is 10.2. The minimum atomic E-state index is -1.69. The highest BCUT2D eigenvalue weighted by atomic mass is 32.2. The first kappa shape index (κ1) is 21.4. The Bertz CT molecular complexity index is 1090. The fourth-order valence-corrected chi connectivity index (χ4v) is 3.25. The molecule has 7 nitrogen and oxygen atoms in total. The fourth-order valence-electron chi connectivity index (χ4n) is 2.50. The first-order chi connectivity index (χ1) is 14.4. The number of anilines is 1. The van der Waals surface area contributed by atoms with E-state index in [2.05, 4.69) is 20.8 Å². The minimum Gasteiger partial charge on any atom is -0.346 e. The van der Waals surface area contributed by atoms with E-state index >= 15 is 0 Å². The lowest BCUT2D eigenvalue weighted by Gasteiger charge is -2.10. The number of rotatable bonds is 7. The second kappa shape index (κ2) is 9.44. The van der Waals surface area contributed by atoms with Crippen LogP contribution in [0.3, 0.4) is 0 Å². The third-order valence-electron chi connectivity index (χ3n) is 3.98. The highest BCUT2D eigenvalue weighted by Crippen LogP contribution is 2.22. The molecule has 1 aromatic heterocycles. The summed E-state index contributed by atoms with van der Waals surface area (Å²) < 4.78 is 41.4. The zero-order chi connectivity index (χ0) is 21.7. The molecule has 0 aliphatic rings. The van der Waals surface area contributed by atoms with Crippen LogP contribution in [-0.2, 0) is 9.59 Å². The van der Waals surface area contributed by atoms with Crippen molar-refractivity contribution in [2.45, 2.75) is 12.1 Å². The van der Waals surface area contributed by atoms with Crippen molar-refractivity contribution in [2.24, 2.45) is 0 Å². The molecule has 0 fully saturated rings. The summed E-state index contributed by atoms with van der Waals surface area (Å²) in [6, 6.07) is 9.18. The van der Waals surface area contributed by atoms with Gasteiger partial charge in [0, 0.05) is 0 Å². The molecule has 1 heterocycles. The molecule has 3 aromatic rings. The maximum atomic E-state index is 13.6. The molecule has 0 aliphatic carbocycles. The molecular formula is C19H16F3N5O2S. The van der Waals surface area contributed by atoms with Gasteiger partial charge in [0.1, 0.15) is 6.33 Å². The van der Waals surface area contributed by atoms with Gasteiger partial charge in [-0.2, -0.15) is 0 Å². The van der Waals surface area contributed by atoms with Gasteiger partial charge >= 0.3 is 0 Å². The number of thioether (sulfide) groups is 1. The molecule has 2 N–H and O–H groups in total. The Morgan fingerprint density at radius 1 is 1.07 bits per heavy atom. The zero-order valence-electron chi connectivity index (χ0n) is 15.7. The van der Waals surface area contributed by atoms with Crippen LogP contribution in [0, 0.1) is 24.4 Å². The van der Waals surface area contributed by atoms with Gasteiger partial charge in [0.15, 0.2) is 22.6 Å². The topological polar surface area (TPSA) is 88.9 Å². The van der Waals surface area contributed by atoms with Crippen LogP contribution in [0.4, 0.5) is 18.9 Å². The second-order valence-corrected chi connectivity index (χ2v) is 7.05. The van der Waals surface area contributed by atoms with Gasteiger partial charge in [0.2, 0.25) is 11.8 Å². The number of hydrogen-bond acceptors (Lipinski definition) is 5. The highest BCUT2D eigenvalue weighted by molar-refractivity contribution is 7.99. The number of carbonyl (C=O) groups is 2. The predicted octanol–water partition coefficient (Wildman–Crippen LogP) is 2.84. The molecule has 11 heteroatoms. The van der Waals surface area contributed by atoms with Crippen molar-refractivity contribution >= 4 is 29.3 Å². The number of carbonyl (C=O) groups excluding carboxylic acids is 2. The minimum absolute atomic E-state index is 0.0443. The third kappa shape index (κ3) is 4.98. The van der Waals surface area contributed by atoms with Crippen LogP contribution in [0.1, 0.15) is 5.56 Å². The summed E-state index contributed by atoms with van der Waals surface area (Å²) in [5.41, 5.74) is 1.36. The average molecular weight is 435 g/mol. The molecule has 3 rings (SSSR count). The van der Waals surface area contributed by atoms with E-state index in [0.29, 0.717) is 11.2 Å². The number of aryl methyl sites for hydroxylation is 1. The van der Waals surface area contributed by atoms with Crippen LogP contribution in [0.5, 0.6) is 0 Å². The van der Waals surface area contributed by atoms with Crippen LogP contribution in [0.2, 0.25) is 0 Å².